The van der Waals surface area contributed by atoms with Crippen LogP contribution in [0.25, 0.3) is 280 Å². The van der Waals surface area contributed by atoms with Crippen LogP contribution in [-0.4, -0.2) is 0 Å². The zero-order valence-corrected chi connectivity index (χ0v) is 78.1. The normalized spacial score (nSPS) is 11.8. The van der Waals surface area contributed by atoms with Gasteiger partial charge >= 0.3 is 0 Å². The van der Waals surface area contributed by atoms with Gasteiger partial charge in [0.1, 0.15) is 11.2 Å². The number of aryl methyl sites for hydroxylation is 2. The quantitative estimate of drug-likeness (QED) is 0.131. The third-order valence-corrected chi connectivity index (χ3v) is 32.0. The summed E-state index contributed by atoms with van der Waals surface area (Å²) in [5, 5.41) is 33.7. The van der Waals surface area contributed by atoms with Crippen LogP contribution in [0, 0.1) is 13.8 Å². The molecule has 29 rings (SSSR count). The summed E-state index contributed by atoms with van der Waals surface area (Å²) in [6.07, 6.45) is 0. The Morgan fingerprint density at radius 2 is 0.362 bits per heavy atom. The molecule has 0 amide bonds. The van der Waals surface area contributed by atoms with Crippen molar-refractivity contribution in [1.82, 2.24) is 0 Å². The van der Waals surface area contributed by atoms with E-state index < -0.39 is 0 Å². The zero-order valence-electron chi connectivity index (χ0n) is 75.7. The number of hydrogen-bond acceptors (Lipinski definition) is 4. The molecule has 644 valence electrons. The van der Waals surface area contributed by atoms with Gasteiger partial charge < -0.3 is 4.42 Å². The molecular weight excluding hydrogens is 1720 g/mol. The van der Waals surface area contributed by atoms with E-state index >= 15 is 0 Å². The lowest BCUT2D eigenvalue weighted by Crippen LogP contribution is -1.88. The van der Waals surface area contributed by atoms with E-state index in [1.54, 1.807) is 0 Å². The Labute approximate surface area is 809 Å². The van der Waals surface area contributed by atoms with Gasteiger partial charge in [-0.2, -0.15) is 0 Å². The third kappa shape index (κ3) is 14.1. The summed E-state index contributed by atoms with van der Waals surface area (Å²) in [4.78, 5) is 0. The Kier molecular flexibility index (Phi) is 19.4. The summed E-state index contributed by atoms with van der Waals surface area (Å²) in [5.41, 5.74) is 26.6. The van der Waals surface area contributed by atoms with Crippen LogP contribution in [0.3, 0.4) is 0 Å². The van der Waals surface area contributed by atoms with E-state index in [1.165, 1.54) is 269 Å². The predicted octanol–water partition coefficient (Wildman–Crippen LogP) is 40.1. The average molecular weight is 1810 g/mol. The van der Waals surface area contributed by atoms with Gasteiger partial charge in [-0.1, -0.05) is 357 Å². The lowest BCUT2D eigenvalue weighted by atomic mass is 9.89. The minimum absolute atomic E-state index is 0.928. The van der Waals surface area contributed by atoms with Crippen molar-refractivity contribution in [2.75, 3.05) is 0 Å². The summed E-state index contributed by atoms with van der Waals surface area (Å²) in [6.45, 7) is 4.33. The van der Waals surface area contributed by atoms with Crippen LogP contribution in [0.4, 0.5) is 0 Å². The average Bonchev–Trinajstić information content (AvgIpc) is 1.13. The molecule has 4 heteroatoms. The first kappa shape index (κ1) is 80.9. The van der Waals surface area contributed by atoms with E-state index in [-0.39, 0.29) is 0 Å². The Morgan fingerprint density at radius 3 is 0.754 bits per heavy atom. The Hall–Kier alpha value is -16.7. The summed E-state index contributed by atoms with van der Waals surface area (Å²) in [7, 11) is 0. The van der Waals surface area contributed by atoms with Crippen LogP contribution in [0.5, 0.6) is 0 Å². The van der Waals surface area contributed by atoms with E-state index in [0.29, 0.717) is 0 Å². The van der Waals surface area contributed by atoms with Crippen molar-refractivity contribution in [3.05, 3.63) is 484 Å². The first-order valence-corrected chi connectivity index (χ1v) is 49.9. The van der Waals surface area contributed by atoms with Gasteiger partial charge in [0, 0.05) is 71.3 Å². The molecular formula is C134H84OS3. The summed E-state index contributed by atoms with van der Waals surface area (Å²) in [6, 6.07) is 175. The smallest absolute Gasteiger partial charge is 0.136 e. The van der Waals surface area contributed by atoms with E-state index in [2.05, 4.69) is 487 Å². The second kappa shape index (κ2) is 33.1. The molecule has 0 N–H and O–H groups in total. The highest BCUT2D eigenvalue weighted by Gasteiger charge is 2.21. The first-order chi connectivity index (χ1) is 68.1. The molecule has 1 nitrogen and oxygen atoms in total. The largest absolute Gasteiger partial charge is 0.456 e. The molecule has 0 aliphatic carbocycles. The molecule has 29 aromatic rings. The maximum atomic E-state index is 6.21. The van der Waals surface area contributed by atoms with Crippen molar-refractivity contribution >= 4 is 213 Å². The Morgan fingerprint density at radius 1 is 0.116 bits per heavy atom. The summed E-state index contributed by atoms with van der Waals surface area (Å²) < 4.78 is 14.2. The van der Waals surface area contributed by atoms with Gasteiger partial charge in [0.15, 0.2) is 0 Å². The molecule has 0 radical (unpaired) electrons. The number of hydrogen-bond donors (Lipinski definition) is 0. The number of fused-ring (bicyclic) bond motifs is 30. The molecule has 25 aromatic carbocycles. The number of thiophene rings is 3. The highest BCUT2D eigenvalue weighted by molar-refractivity contribution is 7.26. The second-order valence-corrected chi connectivity index (χ2v) is 40.2. The van der Waals surface area contributed by atoms with Crippen molar-refractivity contribution in [3.63, 3.8) is 0 Å². The molecule has 0 saturated carbocycles. The molecule has 0 saturated heterocycles. The second-order valence-electron chi connectivity index (χ2n) is 36.9. The van der Waals surface area contributed by atoms with Gasteiger partial charge in [0.2, 0.25) is 0 Å². The molecule has 4 aromatic heterocycles. The van der Waals surface area contributed by atoms with Gasteiger partial charge in [-0.15, -0.1) is 34.0 Å². The van der Waals surface area contributed by atoms with Crippen LogP contribution in [0.1, 0.15) is 11.1 Å². The van der Waals surface area contributed by atoms with Gasteiger partial charge in [-0.25, -0.2) is 0 Å². The minimum Gasteiger partial charge on any atom is -0.456 e. The van der Waals surface area contributed by atoms with Gasteiger partial charge in [-0.3, -0.25) is 0 Å². The predicted molar refractivity (Wildman–Crippen MR) is 601 cm³/mol. The SMILES string of the molecule is Cc1cc(-c2ccc3c(c2)sc2ccc(-c4ccccc4)cc23)cc(-c2ccc3c4ccc(-c5ccccc5)cc4c4ccccc4c3c2)c1.Cc1ccc2oc3cc(-c4cccc(-c5ccc6c7ccccc7c7ccccc7c6c5)c4)ccc3c2c1.c1ccc2c(c1)sc1cc(-c3cc(-c4ccc5c(c4)sc4ccccc45)cc(-c4ccc5c6ccccc6c6ccccc6c5c4)c3)ccc12. The van der Waals surface area contributed by atoms with Crippen LogP contribution < -0.4 is 0 Å². The standard InChI is InChI=1S/C49H32S.C48H28S2.C37H24O/c1-31-24-38(26-39(25-31)37-18-22-44-47-29-35(33-12-6-3-7-13-33)19-23-48(47)50-49(44)30-37)36-17-21-43-42-20-16-34(32-10-4-2-5-11-32)27-45(42)40-14-8-9-15-41(40)46(43)28-36;1-2-11-37-35(9-1)36-10-3-4-12-38(36)44-26-29(17-20-39(37)44)32-23-33(30-18-21-42-40-13-5-7-15-45(40)49-47(42)27-30)25-34(24-32)31-19-22-43-41-14-6-8-16-46(41)50-48(43)28-31;1-23-13-18-36-35(19-23)33-17-15-27(22-37(33)38-36)25-8-6-7-24(20-25)26-14-16-32-30-11-3-2-9-28(30)29-10-4-5-12-31(29)34(32)21-26/h2-30H,1H3;1-28H;2-22H,1H3. The van der Waals surface area contributed by atoms with Crippen LogP contribution in [0.15, 0.2) is 478 Å². The molecule has 4 heterocycles. The van der Waals surface area contributed by atoms with E-state index in [4.69, 9.17) is 4.42 Å². The number of furan rings is 1. The van der Waals surface area contributed by atoms with Gasteiger partial charge in [0.25, 0.3) is 0 Å². The molecule has 0 bridgehead atoms. The monoisotopic (exact) mass is 1800 g/mol. The summed E-state index contributed by atoms with van der Waals surface area (Å²) >= 11 is 5.64. The van der Waals surface area contributed by atoms with Crippen LogP contribution in [0.2, 0.25) is 0 Å². The molecule has 0 aliphatic rings. The maximum absolute atomic E-state index is 6.21. The minimum atomic E-state index is 0.928. The number of rotatable bonds is 9. The molecule has 0 spiro atoms. The van der Waals surface area contributed by atoms with Crippen molar-refractivity contribution in [3.8, 4) is 100 Å². The molecule has 0 unspecified atom stereocenters. The van der Waals surface area contributed by atoms with Gasteiger partial charge in [0.05, 0.1) is 0 Å². The fourth-order valence-electron chi connectivity index (χ4n) is 21.9. The fraction of sp³-hybridized carbons (Fsp3) is 0.0149. The van der Waals surface area contributed by atoms with E-state index in [1.807, 2.05) is 34.0 Å². The van der Waals surface area contributed by atoms with Crippen molar-refractivity contribution in [2.45, 2.75) is 13.8 Å². The lowest BCUT2D eigenvalue weighted by Gasteiger charge is -2.14. The number of benzene rings is 25. The zero-order chi connectivity index (χ0) is 91.2. The van der Waals surface area contributed by atoms with Crippen LogP contribution in [-0.2, 0) is 0 Å². The Bertz CT molecular complexity index is 9860. The summed E-state index contributed by atoms with van der Waals surface area (Å²) in [5.74, 6) is 0. The lowest BCUT2D eigenvalue weighted by molar-refractivity contribution is 0.669. The van der Waals surface area contributed by atoms with Crippen molar-refractivity contribution < 1.29 is 4.42 Å². The van der Waals surface area contributed by atoms with Gasteiger partial charge in [-0.05, 0) is 338 Å². The highest BCUT2D eigenvalue weighted by Crippen LogP contribution is 2.49. The van der Waals surface area contributed by atoms with Crippen molar-refractivity contribution in [2.24, 2.45) is 0 Å². The molecule has 0 fully saturated rings. The van der Waals surface area contributed by atoms with E-state index in [0.717, 1.165) is 22.1 Å². The van der Waals surface area contributed by atoms with Crippen molar-refractivity contribution in [1.29, 1.82) is 0 Å². The molecule has 0 aliphatic heterocycles. The first-order valence-electron chi connectivity index (χ1n) is 47.4. The third-order valence-electron chi connectivity index (χ3n) is 28.6. The van der Waals surface area contributed by atoms with Crippen LogP contribution >= 0.6 is 34.0 Å². The fourth-order valence-corrected chi connectivity index (χ4v) is 25.3. The molecule has 0 atom stereocenters. The topological polar surface area (TPSA) is 13.1 Å². The maximum Gasteiger partial charge on any atom is 0.136 e. The molecule has 138 heavy (non-hydrogen) atoms. The highest BCUT2D eigenvalue weighted by atomic mass is 32.1. The van der Waals surface area contributed by atoms with E-state index in [9.17, 15) is 0 Å². The Balaban J connectivity index is 0.000000106.